The number of nitrogens with zero attached hydrogens (tertiary/aromatic N) is 4. The van der Waals surface area contributed by atoms with Crippen LogP contribution in [0, 0.1) is 0 Å². The van der Waals surface area contributed by atoms with Crippen LogP contribution in [0.4, 0.5) is 5.82 Å². The minimum Gasteiger partial charge on any atom is -0.381 e. The molecule has 2 aromatic heterocycles. The Morgan fingerprint density at radius 2 is 2.19 bits per heavy atom. The van der Waals surface area contributed by atoms with E-state index in [9.17, 15) is 8.42 Å². The average Bonchev–Trinajstić information content (AvgIpc) is 2.97. The smallest absolute Gasteiger partial charge is 0.245 e. The maximum atomic E-state index is 12.2. The highest BCUT2D eigenvalue weighted by molar-refractivity contribution is 7.89. The molecule has 0 saturated heterocycles. The van der Waals surface area contributed by atoms with E-state index >= 15 is 0 Å². The Morgan fingerprint density at radius 3 is 2.81 bits per heavy atom. The van der Waals surface area contributed by atoms with Crippen LogP contribution in [0.2, 0.25) is 0 Å². The lowest BCUT2D eigenvalue weighted by molar-refractivity contribution is 0.578. The first-order chi connectivity index (χ1) is 9.94. The number of sulfonamides is 1. The van der Waals surface area contributed by atoms with Crippen molar-refractivity contribution < 1.29 is 8.42 Å². The maximum Gasteiger partial charge on any atom is 0.245 e. The SMILES string of the molecule is CCCn1cc(S(=O)(=O)NCCc2nccn2C)c(N)n1. The summed E-state index contributed by atoms with van der Waals surface area (Å²) in [6.45, 7) is 2.87. The molecule has 0 saturated carbocycles. The summed E-state index contributed by atoms with van der Waals surface area (Å²) in [4.78, 5) is 4.16. The van der Waals surface area contributed by atoms with Gasteiger partial charge in [0.1, 0.15) is 10.7 Å². The van der Waals surface area contributed by atoms with Gasteiger partial charge in [0.2, 0.25) is 10.0 Å². The minimum absolute atomic E-state index is 0.0212. The number of aromatic nitrogens is 4. The van der Waals surface area contributed by atoms with Crippen LogP contribution in [-0.2, 0) is 30.0 Å². The van der Waals surface area contributed by atoms with E-state index in [0.717, 1.165) is 12.2 Å². The fourth-order valence-electron chi connectivity index (χ4n) is 1.98. The molecule has 9 heteroatoms. The lowest BCUT2D eigenvalue weighted by atomic mass is 10.4. The van der Waals surface area contributed by atoms with E-state index in [-0.39, 0.29) is 17.3 Å². The lowest BCUT2D eigenvalue weighted by Gasteiger charge is -2.05. The Labute approximate surface area is 124 Å². The van der Waals surface area contributed by atoms with Crippen molar-refractivity contribution in [1.29, 1.82) is 0 Å². The van der Waals surface area contributed by atoms with Crippen LogP contribution < -0.4 is 10.5 Å². The molecule has 0 atom stereocenters. The van der Waals surface area contributed by atoms with Crippen LogP contribution in [0.15, 0.2) is 23.5 Å². The van der Waals surface area contributed by atoms with E-state index in [1.54, 1.807) is 10.9 Å². The second-order valence-electron chi connectivity index (χ2n) is 4.74. The molecule has 2 rings (SSSR count). The lowest BCUT2D eigenvalue weighted by Crippen LogP contribution is -2.27. The minimum atomic E-state index is -3.65. The number of aryl methyl sites for hydroxylation is 2. The van der Waals surface area contributed by atoms with Gasteiger partial charge in [-0.3, -0.25) is 4.68 Å². The summed E-state index contributed by atoms with van der Waals surface area (Å²) in [5.74, 6) is 0.834. The van der Waals surface area contributed by atoms with Gasteiger partial charge in [-0.1, -0.05) is 6.92 Å². The van der Waals surface area contributed by atoms with Gasteiger partial charge in [0.05, 0.1) is 0 Å². The molecule has 2 heterocycles. The Kier molecular flexibility index (Phi) is 4.63. The van der Waals surface area contributed by atoms with Crippen LogP contribution in [-0.4, -0.2) is 34.3 Å². The molecular formula is C12H20N6O2S. The highest BCUT2D eigenvalue weighted by atomic mass is 32.2. The first-order valence-corrected chi connectivity index (χ1v) is 8.21. The molecule has 0 spiro atoms. The third kappa shape index (κ3) is 3.61. The molecule has 0 radical (unpaired) electrons. The summed E-state index contributed by atoms with van der Waals surface area (Å²) in [6.07, 6.45) is 6.31. The monoisotopic (exact) mass is 312 g/mol. The topological polar surface area (TPSA) is 108 Å². The highest BCUT2D eigenvalue weighted by Crippen LogP contribution is 2.16. The largest absolute Gasteiger partial charge is 0.381 e. The van der Waals surface area contributed by atoms with Crippen molar-refractivity contribution in [2.45, 2.75) is 31.2 Å². The van der Waals surface area contributed by atoms with Gasteiger partial charge in [0.15, 0.2) is 5.82 Å². The molecule has 0 unspecified atom stereocenters. The van der Waals surface area contributed by atoms with E-state index in [1.165, 1.54) is 6.20 Å². The van der Waals surface area contributed by atoms with Crippen LogP contribution in [0.3, 0.4) is 0 Å². The molecule has 0 aliphatic rings. The van der Waals surface area contributed by atoms with E-state index in [2.05, 4.69) is 14.8 Å². The number of nitrogen functional groups attached to an aromatic ring is 1. The summed E-state index contributed by atoms with van der Waals surface area (Å²) in [7, 11) is -1.79. The van der Waals surface area contributed by atoms with Crippen LogP contribution in [0.25, 0.3) is 0 Å². The summed E-state index contributed by atoms with van der Waals surface area (Å²) >= 11 is 0. The second-order valence-corrected chi connectivity index (χ2v) is 6.48. The third-order valence-electron chi connectivity index (χ3n) is 3.06. The van der Waals surface area contributed by atoms with Crippen molar-refractivity contribution in [3.05, 3.63) is 24.4 Å². The molecule has 8 nitrogen and oxygen atoms in total. The average molecular weight is 312 g/mol. The number of rotatable bonds is 7. The zero-order valence-corrected chi connectivity index (χ0v) is 13.0. The zero-order chi connectivity index (χ0) is 15.5. The van der Waals surface area contributed by atoms with Gasteiger partial charge >= 0.3 is 0 Å². The molecule has 0 aliphatic heterocycles. The molecule has 116 valence electrons. The van der Waals surface area contributed by atoms with Crippen molar-refractivity contribution in [2.24, 2.45) is 7.05 Å². The zero-order valence-electron chi connectivity index (χ0n) is 12.2. The fraction of sp³-hybridized carbons (Fsp3) is 0.500. The summed E-state index contributed by atoms with van der Waals surface area (Å²) in [5, 5.41) is 4.00. The summed E-state index contributed by atoms with van der Waals surface area (Å²) < 4.78 is 30.3. The summed E-state index contributed by atoms with van der Waals surface area (Å²) in [6, 6.07) is 0. The van der Waals surface area contributed by atoms with Gasteiger partial charge in [-0.25, -0.2) is 18.1 Å². The fourth-order valence-corrected chi connectivity index (χ4v) is 3.08. The van der Waals surface area contributed by atoms with Crippen molar-refractivity contribution in [1.82, 2.24) is 24.1 Å². The van der Waals surface area contributed by atoms with E-state index < -0.39 is 10.0 Å². The molecular weight excluding hydrogens is 292 g/mol. The molecule has 0 amide bonds. The van der Waals surface area contributed by atoms with E-state index in [1.807, 2.05) is 24.7 Å². The normalized spacial score (nSPS) is 11.9. The second kappa shape index (κ2) is 6.27. The predicted molar refractivity (Wildman–Crippen MR) is 79.0 cm³/mol. The van der Waals surface area contributed by atoms with Crippen molar-refractivity contribution >= 4 is 15.8 Å². The van der Waals surface area contributed by atoms with Crippen LogP contribution >= 0.6 is 0 Å². The van der Waals surface area contributed by atoms with Crippen LogP contribution in [0.1, 0.15) is 19.2 Å². The van der Waals surface area contributed by atoms with E-state index in [4.69, 9.17) is 5.73 Å². The molecule has 21 heavy (non-hydrogen) atoms. The van der Waals surface area contributed by atoms with Gasteiger partial charge in [-0.2, -0.15) is 5.10 Å². The molecule has 3 N–H and O–H groups in total. The first kappa shape index (κ1) is 15.5. The van der Waals surface area contributed by atoms with E-state index in [0.29, 0.717) is 13.0 Å². The molecule has 0 aromatic carbocycles. The number of imidazole rings is 1. The van der Waals surface area contributed by atoms with Gasteiger partial charge < -0.3 is 10.3 Å². The Morgan fingerprint density at radius 1 is 1.43 bits per heavy atom. The number of anilines is 1. The predicted octanol–water partition coefficient (Wildman–Crippen LogP) is 0.130. The number of hydrogen-bond acceptors (Lipinski definition) is 5. The Bertz CT molecular complexity index is 703. The quantitative estimate of drug-likeness (QED) is 0.755. The summed E-state index contributed by atoms with van der Waals surface area (Å²) in [5.41, 5.74) is 5.68. The Hall–Kier alpha value is -1.87. The van der Waals surface area contributed by atoms with Crippen LogP contribution in [0.5, 0.6) is 0 Å². The van der Waals surface area contributed by atoms with Crippen molar-refractivity contribution in [3.63, 3.8) is 0 Å². The molecule has 2 aromatic rings. The third-order valence-corrected chi connectivity index (χ3v) is 4.54. The Balaban J connectivity index is 2.03. The number of hydrogen-bond donors (Lipinski definition) is 2. The standard InChI is InChI=1S/C12H20N6O2S/c1-3-7-18-9-10(12(13)16-18)21(19,20)15-5-4-11-14-6-8-17(11)2/h6,8-9,15H,3-5,7H2,1-2H3,(H2,13,16). The first-order valence-electron chi connectivity index (χ1n) is 6.73. The maximum absolute atomic E-state index is 12.2. The van der Waals surface area contributed by atoms with Gasteiger partial charge in [0.25, 0.3) is 0 Å². The van der Waals surface area contributed by atoms with Gasteiger partial charge in [0, 0.05) is 45.1 Å². The van der Waals surface area contributed by atoms with Gasteiger partial charge in [-0.15, -0.1) is 0 Å². The van der Waals surface area contributed by atoms with Gasteiger partial charge in [-0.05, 0) is 6.42 Å². The van der Waals surface area contributed by atoms with Crippen molar-refractivity contribution in [3.8, 4) is 0 Å². The van der Waals surface area contributed by atoms with Crippen molar-refractivity contribution in [2.75, 3.05) is 12.3 Å². The molecule has 0 fully saturated rings. The number of nitrogens with one attached hydrogen (secondary N) is 1. The molecule has 0 bridgehead atoms. The molecule has 0 aliphatic carbocycles. The highest BCUT2D eigenvalue weighted by Gasteiger charge is 2.20. The number of nitrogens with two attached hydrogens (primary N) is 1.